The predicted octanol–water partition coefficient (Wildman–Crippen LogP) is 1.21. The van der Waals surface area contributed by atoms with Crippen molar-refractivity contribution in [1.82, 2.24) is 9.97 Å². The van der Waals surface area contributed by atoms with Crippen LogP contribution in [0.4, 0.5) is 10.3 Å². The van der Waals surface area contributed by atoms with Crippen LogP contribution in [0.2, 0.25) is 0 Å². The van der Waals surface area contributed by atoms with Gasteiger partial charge in [0.1, 0.15) is 0 Å². The van der Waals surface area contributed by atoms with Gasteiger partial charge in [0.25, 0.3) is 0 Å². The van der Waals surface area contributed by atoms with Crippen molar-refractivity contribution in [3.8, 4) is 0 Å². The van der Waals surface area contributed by atoms with Gasteiger partial charge in [0.15, 0.2) is 5.82 Å². The van der Waals surface area contributed by atoms with Crippen molar-refractivity contribution < 1.29 is 9.13 Å². The van der Waals surface area contributed by atoms with Crippen molar-refractivity contribution in [1.29, 1.82) is 0 Å². The molecule has 0 amide bonds. The number of halogens is 1. The highest BCUT2D eigenvalue weighted by Gasteiger charge is 2.30. The topological polar surface area (TPSA) is 47.0 Å². The third kappa shape index (κ3) is 1.98. The summed E-state index contributed by atoms with van der Waals surface area (Å²) >= 11 is 0. The Labute approximate surface area is 81.5 Å². The van der Waals surface area contributed by atoms with Crippen molar-refractivity contribution in [2.24, 2.45) is 0 Å². The Morgan fingerprint density at radius 3 is 2.79 bits per heavy atom. The van der Waals surface area contributed by atoms with Crippen LogP contribution >= 0.6 is 0 Å². The first-order chi connectivity index (χ1) is 6.68. The number of nitrogens with one attached hydrogen (secondary N) is 1. The van der Waals surface area contributed by atoms with Crippen LogP contribution in [0.1, 0.15) is 13.3 Å². The Morgan fingerprint density at radius 2 is 2.21 bits per heavy atom. The van der Waals surface area contributed by atoms with E-state index in [1.54, 1.807) is 0 Å². The molecule has 14 heavy (non-hydrogen) atoms. The van der Waals surface area contributed by atoms with Gasteiger partial charge in [-0.15, -0.1) is 0 Å². The molecular weight excluding hydrogens is 185 g/mol. The van der Waals surface area contributed by atoms with Crippen LogP contribution in [0.25, 0.3) is 0 Å². The van der Waals surface area contributed by atoms with E-state index in [4.69, 9.17) is 4.74 Å². The first-order valence-corrected chi connectivity index (χ1v) is 4.51. The number of anilines is 1. The van der Waals surface area contributed by atoms with E-state index in [2.05, 4.69) is 15.3 Å². The summed E-state index contributed by atoms with van der Waals surface area (Å²) in [7, 11) is 0. The summed E-state index contributed by atoms with van der Waals surface area (Å²) in [6, 6.07) is 0. The van der Waals surface area contributed by atoms with Crippen molar-refractivity contribution in [2.45, 2.75) is 18.9 Å². The lowest BCUT2D eigenvalue weighted by Crippen LogP contribution is -2.35. The predicted molar refractivity (Wildman–Crippen MR) is 49.5 cm³/mol. The molecule has 0 aromatic carbocycles. The fourth-order valence-corrected chi connectivity index (χ4v) is 1.41. The highest BCUT2D eigenvalue weighted by Crippen LogP contribution is 2.21. The van der Waals surface area contributed by atoms with Crippen molar-refractivity contribution in [3.05, 3.63) is 18.2 Å². The summed E-state index contributed by atoms with van der Waals surface area (Å²) in [5.74, 6) is 0.0165. The van der Waals surface area contributed by atoms with Gasteiger partial charge in [-0.05, 0) is 13.3 Å². The van der Waals surface area contributed by atoms with E-state index in [1.807, 2.05) is 6.92 Å². The molecule has 1 fully saturated rings. The maximum absolute atomic E-state index is 12.5. The van der Waals surface area contributed by atoms with E-state index in [0.29, 0.717) is 12.6 Å². The van der Waals surface area contributed by atoms with Gasteiger partial charge in [-0.3, -0.25) is 0 Å². The van der Waals surface area contributed by atoms with E-state index in [1.165, 1.54) is 0 Å². The first-order valence-electron chi connectivity index (χ1n) is 4.51. The molecule has 1 atom stereocenters. The zero-order valence-electron chi connectivity index (χ0n) is 7.96. The lowest BCUT2D eigenvalue weighted by molar-refractivity contribution is 0.185. The van der Waals surface area contributed by atoms with E-state index in [9.17, 15) is 4.39 Å². The number of nitrogens with zero attached hydrogens (tertiary/aromatic N) is 2. The molecule has 1 aromatic heterocycles. The smallest absolute Gasteiger partial charge is 0.223 e. The third-order valence-corrected chi connectivity index (χ3v) is 2.25. The number of hydrogen-bond donors (Lipinski definition) is 1. The summed E-state index contributed by atoms with van der Waals surface area (Å²) in [4.78, 5) is 7.67. The molecule has 0 radical (unpaired) electrons. The number of hydrogen-bond acceptors (Lipinski definition) is 4. The molecular formula is C9H12FN3O. The molecule has 1 unspecified atom stereocenters. The molecule has 5 heteroatoms. The Balaban J connectivity index is 2.06. The van der Waals surface area contributed by atoms with Gasteiger partial charge in [0.2, 0.25) is 5.95 Å². The average Bonchev–Trinajstić information content (AvgIpc) is 2.57. The molecule has 4 nitrogen and oxygen atoms in total. The standard InChI is InChI=1S/C9H12FN3O/c1-9(2-3-14-6-9)13-8-11-4-7(10)5-12-8/h4-5H,2-3,6H2,1H3,(H,11,12,13). The molecule has 0 saturated carbocycles. The van der Waals surface area contributed by atoms with Crippen molar-refractivity contribution in [2.75, 3.05) is 18.5 Å². The second kappa shape index (κ2) is 3.49. The fourth-order valence-electron chi connectivity index (χ4n) is 1.41. The minimum absolute atomic E-state index is 0.127. The van der Waals surface area contributed by atoms with E-state index in [0.717, 1.165) is 25.4 Å². The van der Waals surface area contributed by atoms with Gasteiger partial charge in [0, 0.05) is 6.61 Å². The van der Waals surface area contributed by atoms with Crippen LogP contribution in [0.3, 0.4) is 0 Å². The number of rotatable bonds is 2. The molecule has 2 rings (SSSR count). The Kier molecular flexibility index (Phi) is 2.33. The molecule has 0 bridgehead atoms. The Bertz CT molecular complexity index is 308. The summed E-state index contributed by atoms with van der Waals surface area (Å²) in [6.07, 6.45) is 3.21. The van der Waals surface area contributed by atoms with Crippen molar-refractivity contribution in [3.63, 3.8) is 0 Å². The number of ether oxygens (including phenoxy) is 1. The van der Waals surface area contributed by atoms with Gasteiger partial charge < -0.3 is 10.1 Å². The van der Waals surface area contributed by atoms with Crippen LogP contribution in [-0.4, -0.2) is 28.7 Å². The maximum atomic E-state index is 12.5. The third-order valence-electron chi connectivity index (χ3n) is 2.25. The largest absolute Gasteiger partial charge is 0.379 e. The summed E-state index contributed by atoms with van der Waals surface area (Å²) in [6.45, 7) is 3.41. The molecule has 1 aromatic rings. The van der Waals surface area contributed by atoms with E-state index >= 15 is 0 Å². The maximum Gasteiger partial charge on any atom is 0.223 e. The summed E-state index contributed by atoms with van der Waals surface area (Å²) < 4.78 is 17.8. The van der Waals surface area contributed by atoms with Gasteiger partial charge in [0.05, 0.1) is 24.5 Å². The first kappa shape index (κ1) is 9.33. The van der Waals surface area contributed by atoms with Gasteiger partial charge in [-0.2, -0.15) is 0 Å². The van der Waals surface area contributed by atoms with Crippen LogP contribution in [0.5, 0.6) is 0 Å². The molecule has 0 spiro atoms. The molecule has 1 N–H and O–H groups in total. The van der Waals surface area contributed by atoms with Crippen LogP contribution in [0, 0.1) is 5.82 Å². The SMILES string of the molecule is CC1(Nc2ncc(F)cn2)CCOC1. The zero-order valence-corrected chi connectivity index (χ0v) is 7.96. The van der Waals surface area contributed by atoms with E-state index < -0.39 is 5.82 Å². The van der Waals surface area contributed by atoms with Gasteiger partial charge >= 0.3 is 0 Å². The van der Waals surface area contributed by atoms with Gasteiger partial charge in [-0.1, -0.05) is 0 Å². The monoisotopic (exact) mass is 197 g/mol. The van der Waals surface area contributed by atoms with Crippen LogP contribution < -0.4 is 5.32 Å². The quantitative estimate of drug-likeness (QED) is 0.774. The average molecular weight is 197 g/mol. The lowest BCUT2D eigenvalue weighted by Gasteiger charge is -2.23. The second-order valence-electron chi connectivity index (χ2n) is 3.71. The van der Waals surface area contributed by atoms with Crippen LogP contribution in [0.15, 0.2) is 12.4 Å². The summed E-state index contributed by atoms with van der Waals surface area (Å²) in [5.41, 5.74) is -0.127. The van der Waals surface area contributed by atoms with E-state index in [-0.39, 0.29) is 5.54 Å². The highest BCUT2D eigenvalue weighted by molar-refractivity contribution is 5.28. The molecule has 1 aliphatic heterocycles. The molecule has 1 aliphatic rings. The molecule has 76 valence electrons. The Hall–Kier alpha value is -1.23. The van der Waals surface area contributed by atoms with Crippen LogP contribution in [-0.2, 0) is 4.74 Å². The molecule has 0 aliphatic carbocycles. The second-order valence-corrected chi connectivity index (χ2v) is 3.71. The van der Waals surface area contributed by atoms with Gasteiger partial charge in [-0.25, -0.2) is 14.4 Å². The minimum Gasteiger partial charge on any atom is -0.379 e. The highest BCUT2D eigenvalue weighted by atomic mass is 19.1. The zero-order chi connectivity index (χ0) is 10.0. The fraction of sp³-hybridized carbons (Fsp3) is 0.556. The molecule has 1 saturated heterocycles. The Morgan fingerprint density at radius 1 is 1.50 bits per heavy atom. The molecule has 2 heterocycles. The normalized spacial score (nSPS) is 26.4. The van der Waals surface area contributed by atoms with Crippen molar-refractivity contribution >= 4 is 5.95 Å². The minimum atomic E-state index is -0.427. The number of aromatic nitrogens is 2. The lowest BCUT2D eigenvalue weighted by atomic mass is 10.0. The summed E-state index contributed by atoms with van der Waals surface area (Å²) in [5, 5.41) is 3.13.